The van der Waals surface area contributed by atoms with Gasteiger partial charge in [-0.25, -0.2) is 0 Å². The molecule has 0 bridgehead atoms. The van der Waals surface area contributed by atoms with Crippen LogP contribution in [0.5, 0.6) is 5.75 Å². The summed E-state index contributed by atoms with van der Waals surface area (Å²) in [6.07, 6.45) is 25.4. The van der Waals surface area contributed by atoms with Crippen molar-refractivity contribution in [2.24, 2.45) is 0 Å². The SMILES string of the molecule is C=C(O)/C=C\c1ccc(OC(=C)/C=C\c2ccccc2C)cc1C.CC/C=C(\C=C/C(C)c1ccccc1)CC.CC/C=C(\C=C/C(C)c1ccccc1)CC. The van der Waals surface area contributed by atoms with Crippen LogP contribution in [-0.2, 0) is 0 Å². The van der Waals surface area contributed by atoms with Gasteiger partial charge < -0.3 is 9.84 Å². The van der Waals surface area contributed by atoms with E-state index in [-0.39, 0.29) is 5.76 Å². The Morgan fingerprint density at radius 1 is 0.589 bits per heavy atom. The highest BCUT2D eigenvalue weighted by molar-refractivity contribution is 5.58. The summed E-state index contributed by atoms with van der Waals surface area (Å²) in [5, 5.41) is 9.13. The standard InChI is InChI=1S/C22H22O2.2C16H22/c1-16-7-5-6-8-20(16)12-10-19(4)24-22-14-13-21(17(2)15-22)11-9-18(3)23;2*1-4-9-15(5-2)13-12-14(3)16-10-7-6-8-11-16/h5-15,23H,3-4H2,1-2H3;2*6-14H,4-5H2,1-3H3/b11-9-,12-10-;2*13-12-,15-9-. The summed E-state index contributed by atoms with van der Waals surface area (Å²) in [5.41, 5.74) is 10.0. The van der Waals surface area contributed by atoms with Crippen LogP contribution >= 0.6 is 0 Å². The van der Waals surface area contributed by atoms with Crippen LogP contribution in [0.15, 0.2) is 188 Å². The molecule has 0 heterocycles. The van der Waals surface area contributed by atoms with E-state index in [0.717, 1.165) is 48.1 Å². The average molecular weight is 747 g/mol. The van der Waals surface area contributed by atoms with Crippen LogP contribution in [0.25, 0.3) is 12.2 Å². The van der Waals surface area contributed by atoms with Crippen LogP contribution in [0.1, 0.15) is 112 Å². The number of aliphatic hydroxyl groups is 1. The summed E-state index contributed by atoms with van der Waals surface area (Å²) < 4.78 is 5.77. The third-order valence-corrected chi connectivity index (χ3v) is 9.18. The molecule has 0 aliphatic heterocycles. The summed E-state index contributed by atoms with van der Waals surface area (Å²) >= 11 is 0. The Balaban J connectivity index is 0.000000300. The quantitative estimate of drug-likeness (QED) is 0.0914. The van der Waals surface area contributed by atoms with E-state index in [1.165, 1.54) is 27.8 Å². The fraction of sp³-hybridized carbons (Fsp3) is 0.259. The molecule has 4 aromatic rings. The Morgan fingerprint density at radius 3 is 1.50 bits per heavy atom. The zero-order valence-corrected chi connectivity index (χ0v) is 35.3. The highest BCUT2D eigenvalue weighted by Gasteiger charge is 2.02. The summed E-state index contributed by atoms with van der Waals surface area (Å²) in [7, 11) is 0. The Labute approximate surface area is 340 Å². The Kier molecular flexibility index (Phi) is 22.5. The number of ether oxygens (including phenoxy) is 1. The third kappa shape index (κ3) is 18.6. The van der Waals surface area contributed by atoms with Crippen molar-refractivity contribution >= 4 is 12.2 Å². The van der Waals surface area contributed by atoms with Crippen LogP contribution in [-0.4, -0.2) is 5.11 Å². The van der Waals surface area contributed by atoms with Crippen molar-refractivity contribution in [2.75, 3.05) is 0 Å². The molecule has 294 valence electrons. The minimum Gasteiger partial charge on any atom is -0.509 e. The van der Waals surface area contributed by atoms with E-state index in [2.05, 4.69) is 171 Å². The molecule has 56 heavy (non-hydrogen) atoms. The monoisotopic (exact) mass is 747 g/mol. The molecule has 4 rings (SSSR count). The van der Waals surface area contributed by atoms with Gasteiger partial charge in [0, 0.05) is 0 Å². The van der Waals surface area contributed by atoms with Crippen molar-refractivity contribution in [2.45, 2.75) is 92.9 Å². The predicted octanol–water partition coefficient (Wildman–Crippen LogP) is 16.2. The molecule has 2 unspecified atom stereocenters. The number of aliphatic hydroxyl groups excluding tert-OH is 1. The molecule has 0 spiro atoms. The smallest absolute Gasteiger partial charge is 0.127 e. The first-order chi connectivity index (χ1) is 27.0. The number of hydrogen-bond donors (Lipinski definition) is 1. The first-order valence-electron chi connectivity index (χ1n) is 20.1. The van der Waals surface area contributed by atoms with E-state index >= 15 is 0 Å². The lowest BCUT2D eigenvalue weighted by atomic mass is 9.99. The summed E-state index contributed by atoms with van der Waals surface area (Å²) in [5.74, 6) is 2.32. The maximum atomic E-state index is 9.13. The van der Waals surface area contributed by atoms with Gasteiger partial charge in [-0.1, -0.05) is 205 Å². The molecule has 4 aromatic carbocycles. The molecular formula is C54H66O2. The maximum Gasteiger partial charge on any atom is 0.127 e. The largest absolute Gasteiger partial charge is 0.509 e. The van der Waals surface area contributed by atoms with Gasteiger partial charge in [0.25, 0.3) is 0 Å². The summed E-state index contributed by atoms with van der Waals surface area (Å²) in [6, 6.07) is 35.2. The number of hydrogen-bond acceptors (Lipinski definition) is 2. The molecule has 0 aliphatic rings. The molecule has 2 nitrogen and oxygen atoms in total. The van der Waals surface area contributed by atoms with Crippen molar-refractivity contribution in [3.8, 4) is 5.75 Å². The second kappa shape index (κ2) is 27.1. The third-order valence-electron chi connectivity index (χ3n) is 9.18. The van der Waals surface area contributed by atoms with Gasteiger partial charge in [0.1, 0.15) is 17.3 Å². The summed E-state index contributed by atoms with van der Waals surface area (Å²) in [6.45, 7) is 24.7. The van der Waals surface area contributed by atoms with Gasteiger partial charge in [-0.05, 0) is 109 Å². The zero-order chi connectivity index (χ0) is 41.1. The number of aryl methyl sites for hydroxylation is 2. The molecule has 1 N–H and O–H groups in total. The summed E-state index contributed by atoms with van der Waals surface area (Å²) in [4.78, 5) is 0. The molecule has 0 saturated heterocycles. The highest BCUT2D eigenvalue weighted by atomic mass is 16.5. The second-order valence-electron chi connectivity index (χ2n) is 13.8. The molecular weight excluding hydrogens is 681 g/mol. The maximum absolute atomic E-state index is 9.13. The molecule has 0 radical (unpaired) electrons. The van der Waals surface area contributed by atoms with E-state index in [1.54, 1.807) is 6.08 Å². The van der Waals surface area contributed by atoms with Crippen LogP contribution < -0.4 is 4.74 Å². The van der Waals surface area contributed by atoms with E-state index in [4.69, 9.17) is 9.84 Å². The van der Waals surface area contributed by atoms with Crippen molar-refractivity contribution in [3.63, 3.8) is 0 Å². The Hall–Kier alpha value is -5.60. The van der Waals surface area contributed by atoms with Crippen molar-refractivity contribution in [3.05, 3.63) is 221 Å². The van der Waals surface area contributed by atoms with E-state index < -0.39 is 0 Å². The number of allylic oxidation sites excluding steroid dienone is 10. The van der Waals surface area contributed by atoms with Crippen molar-refractivity contribution < 1.29 is 9.84 Å². The normalized spacial score (nSPS) is 12.9. The Bertz CT molecular complexity index is 1860. The van der Waals surface area contributed by atoms with Gasteiger partial charge in [-0.15, -0.1) is 0 Å². The van der Waals surface area contributed by atoms with E-state index in [0.29, 0.717) is 17.6 Å². The van der Waals surface area contributed by atoms with Gasteiger partial charge in [0.15, 0.2) is 0 Å². The lowest BCUT2D eigenvalue weighted by Gasteiger charge is -2.08. The van der Waals surface area contributed by atoms with Gasteiger partial charge in [-0.3, -0.25) is 0 Å². The van der Waals surface area contributed by atoms with Crippen LogP contribution in [0.2, 0.25) is 0 Å². The molecule has 0 aliphatic carbocycles. The van der Waals surface area contributed by atoms with Gasteiger partial charge in [-0.2, -0.15) is 0 Å². The second-order valence-corrected chi connectivity index (χ2v) is 13.8. The fourth-order valence-electron chi connectivity index (χ4n) is 5.68. The zero-order valence-electron chi connectivity index (χ0n) is 35.3. The topological polar surface area (TPSA) is 29.5 Å². The van der Waals surface area contributed by atoms with Crippen LogP contribution in [0.4, 0.5) is 0 Å². The minimum atomic E-state index is 0.0319. The molecule has 2 atom stereocenters. The first-order valence-corrected chi connectivity index (χ1v) is 20.1. The van der Waals surface area contributed by atoms with Gasteiger partial charge in [0.2, 0.25) is 0 Å². The molecule has 0 amide bonds. The predicted molar refractivity (Wildman–Crippen MR) is 247 cm³/mol. The molecule has 0 fully saturated rings. The lowest BCUT2D eigenvalue weighted by Crippen LogP contribution is -1.92. The molecule has 0 saturated carbocycles. The van der Waals surface area contributed by atoms with Crippen molar-refractivity contribution in [1.82, 2.24) is 0 Å². The minimum absolute atomic E-state index is 0.0319. The first kappa shape index (κ1) is 46.6. The highest BCUT2D eigenvalue weighted by Crippen LogP contribution is 2.22. The van der Waals surface area contributed by atoms with Gasteiger partial charge >= 0.3 is 0 Å². The van der Waals surface area contributed by atoms with Gasteiger partial charge in [0.05, 0.1) is 0 Å². The van der Waals surface area contributed by atoms with Crippen LogP contribution in [0, 0.1) is 13.8 Å². The Morgan fingerprint density at radius 2 is 1.05 bits per heavy atom. The van der Waals surface area contributed by atoms with Crippen molar-refractivity contribution in [1.29, 1.82) is 0 Å². The average Bonchev–Trinajstić information content (AvgIpc) is 3.21. The lowest BCUT2D eigenvalue weighted by molar-refractivity contribution is 0.436. The number of benzene rings is 4. The molecule has 2 heteroatoms. The van der Waals surface area contributed by atoms with E-state index in [1.807, 2.05) is 55.5 Å². The number of rotatable bonds is 16. The fourth-order valence-corrected chi connectivity index (χ4v) is 5.68. The molecule has 0 aromatic heterocycles. The van der Waals surface area contributed by atoms with Crippen LogP contribution in [0.3, 0.4) is 0 Å². The van der Waals surface area contributed by atoms with E-state index in [9.17, 15) is 0 Å².